The zero-order valence-electron chi connectivity index (χ0n) is 12.3. The molecule has 0 fully saturated rings. The Morgan fingerprint density at radius 3 is 2.87 bits per heavy atom. The van der Waals surface area contributed by atoms with Crippen molar-refractivity contribution in [3.8, 4) is 11.4 Å². The summed E-state index contributed by atoms with van der Waals surface area (Å²) in [5.74, 6) is 0.513. The number of ether oxygens (including phenoxy) is 1. The van der Waals surface area contributed by atoms with E-state index in [0.717, 1.165) is 5.69 Å². The lowest BCUT2D eigenvalue weighted by molar-refractivity contribution is 0.0971. The Balaban J connectivity index is 1.65. The second-order valence-corrected chi connectivity index (χ2v) is 5.13. The number of amides is 1. The minimum absolute atomic E-state index is 0.155. The van der Waals surface area contributed by atoms with Gasteiger partial charge in [-0.25, -0.2) is 4.68 Å². The van der Waals surface area contributed by atoms with Crippen LogP contribution in [0.4, 0.5) is 5.69 Å². The van der Waals surface area contributed by atoms with Gasteiger partial charge in [-0.05, 0) is 18.2 Å². The average Bonchev–Trinajstić information content (AvgIpc) is 3.11. The number of anilines is 1. The Bertz CT molecular complexity index is 845. The Hall–Kier alpha value is -3.15. The van der Waals surface area contributed by atoms with Crippen LogP contribution in [0.5, 0.6) is 5.75 Å². The van der Waals surface area contributed by atoms with Crippen LogP contribution in [0.2, 0.25) is 0 Å². The lowest BCUT2D eigenvalue weighted by Crippen LogP contribution is -2.38. The molecule has 6 nitrogen and oxygen atoms in total. The zero-order chi connectivity index (χ0) is 15.6. The molecule has 1 aliphatic rings. The molecule has 1 aliphatic heterocycles. The first-order valence-corrected chi connectivity index (χ1v) is 7.33. The van der Waals surface area contributed by atoms with Crippen molar-refractivity contribution in [2.24, 2.45) is 0 Å². The molecule has 3 heterocycles. The van der Waals surface area contributed by atoms with Crippen molar-refractivity contribution in [2.75, 3.05) is 18.1 Å². The fraction of sp³-hybridized carbons (Fsp3) is 0.118. The van der Waals surface area contributed by atoms with E-state index in [2.05, 4.69) is 10.1 Å². The smallest absolute Gasteiger partial charge is 0.279 e. The lowest BCUT2D eigenvalue weighted by atomic mass is 10.2. The highest BCUT2D eigenvalue weighted by Crippen LogP contribution is 2.30. The largest absolute Gasteiger partial charge is 0.489 e. The maximum absolute atomic E-state index is 12.8. The minimum atomic E-state index is -0.155. The molecule has 0 saturated heterocycles. The quantitative estimate of drug-likeness (QED) is 0.729. The van der Waals surface area contributed by atoms with Gasteiger partial charge in [-0.3, -0.25) is 14.7 Å². The first-order chi connectivity index (χ1) is 11.3. The third-order valence-corrected chi connectivity index (χ3v) is 3.70. The summed E-state index contributed by atoms with van der Waals surface area (Å²) in [6.07, 6.45) is 5.07. The summed E-state index contributed by atoms with van der Waals surface area (Å²) in [4.78, 5) is 18.5. The van der Waals surface area contributed by atoms with Gasteiger partial charge >= 0.3 is 0 Å². The van der Waals surface area contributed by atoms with Crippen LogP contribution in [-0.2, 0) is 0 Å². The van der Waals surface area contributed by atoms with Crippen LogP contribution in [-0.4, -0.2) is 33.8 Å². The number of carbonyl (C=O) groups excluding carboxylic acids is 1. The summed E-state index contributed by atoms with van der Waals surface area (Å²) in [6.45, 7) is 0.942. The van der Waals surface area contributed by atoms with Gasteiger partial charge in [0.05, 0.1) is 18.4 Å². The molecule has 0 saturated carbocycles. The maximum Gasteiger partial charge on any atom is 0.279 e. The summed E-state index contributed by atoms with van der Waals surface area (Å²) in [5.41, 5.74) is 1.99. The highest BCUT2D eigenvalue weighted by molar-refractivity contribution is 6.05. The number of carbonyl (C=O) groups is 1. The topological polar surface area (TPSA) is 60.2 Å². The molecule has 0 atom stereocenters. The summed E-state index contributed by atoms with van der Waals surface area (Å²) < 4.78 is 7.25. The van der Waals surface area contributed by atoms with Gasteiger partial charge in [0.2, 0.25) is 0 Å². The summed E-state index contributed by atoms with van der Waals surface area (Å²) in [5, 5.41) is 4.39. The first kappa shape index (κ1) is 13.5. The number of pyridine rings is 1. The summed E-state index contributed by atoms with van der Waals surface area (Å²) in [7, 11) is 0. The van der Waals surface area contributed by atoms with Gasteiger partial charge in [0, 0.05) is 18.5 Å². The van der Waals surface area contributed by atoms with Gasteiger partial charge in [-0.15, -0.1) is 0 Å². The van der Waals surface area contributed by atoms with Gasteiger partial charge in [0.1, 0.15) is 18.0 Å². The monoisotopic (exact) mass is 306 g/mol. The van der Waals surface area contributed by atoms with E-state index in [1.165, 1.54) is 0 Å². The third-order valence-electron chi connectivity index (χ3n) is 3.70. The number of aromatic nitrogens is 3. The molecule has 0 bridgehead atoms. The molecule has 0 aliphatic carbocycles. The normalized spacial score (nSPS) is 13.3. The van der Waals surface area contributed by atoms with Gasteiger partial charge in [-0.2, -0.15) is 5.10 Å². The Morgan fingerprint density at radius 1 is 1.13 bits per heavy atom. The van der Waals surface area contributed by atoms with Crippen LogP contribution < -0.4 is 9.64 Å². The standard InChI is InChI=1S/C17H14N4O2/c22-17(20-10-11-23-16-6-8-18-12-15(16)20)14-7-9-21(19-14)13-4-2-1-3-5-13/h1-9,12H,10-11H2. The summed E-state index contributed by atoms with van der Waals surface area (Å²) in [6, 6.07) is 13.2. The first-order valence-electron chi connectivity index (χ1n) is 7.33. The van der Waals surface area contributed by atoms with Gasteiger partial charge < -0.3 is 4.74 Å². The molecular formula is C17H14N4O2. The number of fused-ring (bicyclic) bond motifs is 1. The fourth-order valence-electron chi connectivity index (χ4n) is 2.58. The van der Waals surface area contributed by atoms with Crippen LogP contribution in [0.3, 0.4) is 0 Å². The van der Waals surface area contributed by atoms with Crippen LogP contribution in [0.15, 0.2) is 61.1 Å². The Labute approximate surface area is 132 Å². The molecule has 1 aromatic carbocycles. The van der Waals surface area contributed by atoms with Crippen molar-refractivity contribution in [1.82, 2.24) is 14.8 Å². The molecule has 4 rings (SSSR count). The van der Waals surface area contributed by atoms with E-state index < -0.39 is 0 Å². The van der Waals surface area contributed by atoms with E-state index in [1.807, 2.05) is 30.3 Å². The van der Waals surface area contributed by atoms with E-state index in [4.69, 9.17) is 4.74 Å². The maximum atomic E-state index is 12.8. The van der Waals surface area contributed by atoms with Crippen molar-refractivity contribution >= 4 is 11.6 Å². The SMILES string of the molecule is O=C(c1ccn(-c2ccccc2)n1)N1CCOc2ccncc21. The third kappa shape index (κ3) is 2.44. The fourth-order valence-corrected chi connectivity index (χ4v) is 2.58. The van der Waals surface area contributed by atoms with Crippen molar-refractivity contribution in [3.05, 3.63) is 66.7 Å². The lowest BCUT2D eigenvalue weighted by Gasteiger charge is -2.28. The molecule has 2 aromatic heterocycles. The van der Waals surface area contributed by atoms with Crippen LogP contribution >= 0.6 is 0 Å². The molecule has 0 spiro atoms. The van der Waals surface area contributed by atoms with Gasteiger partial charge in [0.15, 0.2) is 5.69 Å². The van der Waals surface area contributed by atoms with Gasteiger partial charge in [0.25, 0.3) is 5.91 Å². The Kier molecular flexibility index (Phi) is 3.27. The molecule has 0 N–H and O–H groups in total. The molecule has 6 heteroatoms. The number of hydrogen-bond acceptors (Lipinski definition) is 4. The van der Waals surface area contributed by atoms with E-state index in [1.54, 1.807) is 40.3 Å². The Morgan fingerprint density at radius 2 is 2.00 bits per heavy atom. The number of hydrogen-bond donors (Lipinski definition) is 0. The van der Waals surface area contributed by atoms with Crippen LogP contribution in [0.25, 0.3) is 5.69 Å². The number of rotatable bonds is 2. The second-order valence-electron chi connectivity index (χ2n) is 5.13. The highest BCUT2D eigenvalue weighted by Gasteiger charge is 2.26. The van der Waals surface area contributed by atoms with Crippen molar-refractivity contribution < 1.29 is 9.53 Å². The number of para-hydroxylation sites is 1. The van der Waals surface area contributed by atoms with E-state index in [-0.39, 0.29) is 5.91 Å². The summed E-state index contributed by atoms with van der Waals surface area (Å²) >= 11 is 0. The molecule has 23 heavy (non-hydrogen) atoms. The van der Waals surface area contributed by atoms with Crippen LogP contribution in [0, 0.1) is 0 Å². The number of nitrogens with zero attached hydrogens (tertiary/aromatic N) is 4. The van der Waals surface area contributed by atoms with E-state index >= 15 is 0 Å². The van der Waals surface area contributed by atoms with Crippen molar-refractivity contribution in [1.29, 1.82) is 0 Å². The molecule has 0 radical (unpaired) electrons. The predicted molar refractivity (Wildman–Crippen MR) is 85.0 cm³/mol. The molecule has 0 unspecified atom stereocenters. The molecule has 3 aromatic rings. The number of benzene rings is 1. The van der Waals surface area contributed by atoms with Crippen LogP contribution in [0.1, 0.15) is 10.5 Å². The van der Waals surface area contributed by atoms with E-state index in [0.29, 0.717) is 30.3 Å². The molecular weight excluding hydrogens is 292 g/mol. The van der Waals surface area contributed by atoms with E-state index in [9.17, 15) is 4.79 Å². The minimum Gasteiger partial charge on any atom is -0.489 e. The second kappa shape index (κ2) is 5.57. The van der Waals surface area contributed by atoms with Crippen molar-refractivity contribution in [2.45, 2.75) is 0 Å². The highest BCUT2D eigenvalue weighted by atomic mass is 16.5. The van der Waals surface area contributed by atoms with Crippen molar-refractivity contribution in [3.63, 3.8) is 0 Å². The molecule has 1 amide bonds. The zero-order valence-corrected chi connectivity index (χ0v) is 12.3. The average molecular weight is 306 g/mol. The predicted octanol–water partition coefficient (Wildman–Crippen LogP) is 2.31. The van der Waals surface area contributed by atoms with Gasteiger partial charge in [-0.1, -0.05) is 18.2 Å². The molecule has 114 valence electrons.